The van der Waals surface area contributed by atoms with Gasteiger partial charge in [0.25, 0.3) is 0 Å². The largest absolute Gasteiger partial charge is 0.309 e. The van der Waals surface area contributed by atoms with E-state index < -0.39 is 0 Å². The second kappa shape index (κ2) is 6.08. The fourth-order valence-electron chi connectivity index (χ4n) is 2.18. The van der Waals surface area contributed by atoms with Crippen LogP contribution in [-0.4, -0.2) is 7.05 Å². The molecular formula is C16H17BrClN. The molecule has 100 valence electrons. The van der Waals surface area contributed by atoms with Crippen LogP contribution in [0.1, 0.15) is 28.3 Å². The van der Waals surface area contributed by atoms with Crippen molar-refractivity contribution in [3.8, 4) is 0 Å². The summed E-state index contributed by atoms with van der Waals surface area (Å²) < 4.78 is 0.996. The summed E-state index contributed by atoms with van der Waals surface area (Å²) in [5, 5.41) is 4.11. The fourth-order valence-corrected chi connectivity index (χ4v) is 2.96. The molecule has 0 radical (unpaired) electrons. The maximum absolute atomic E-state index is 6.35. The van der Waals surface area contributed by atoms with Crippen molar-refractivity contribution < 1.29 is 0 Å². The summed E-state index contributed by atoms with van der Waals surface area (Å²) in [5.41, 5.74) is 4.93. The molecule has 0 bridgehead atoms. The van der Waals surface area contributed by atoms with E-state index in [2.05, 4.69) is 59.4 Å². The van der Waals surface area contributed by atoms with E-state index in [1.807, 2.05) is 19.2 Å². The summed E-state index contributed by atoms with van der Waals surface area (Å²) in [7, 11) is 1.96. The van der Waals surface area contributed by atoms with Gasteiger partial charge < -0.3 is 5.32 Å². The second-order valence-electron chi connectivity index (χ2n) is 4.73. The van der Waals surface area contributed by atoms with E-state index in [9.17, 15) is 0 Å². The third kappa shape index (κ3) is 3.19. The van der Waals surface area contributed by atoms with Crippen molar-refractivity contribution >= 4 is 27.5 Å². The van der Waals surface area contributed by atoms with Crippen molar-refractivity contribution in [1.82, 2.24) is 5.32 Å². The van der Waals surface area contributed by atoms with E-state index in [1.165, 1.54) is 16.7 Å². The van der Waals surface area contributed by atoms with Crippen molar-refractivity contribution in [2.24, 2.45) is 0 Å². The highest BCUT2D eigenvalue weighted by Gasteiger charge is 2.15. The number of rotatable bonds is 3. The lowest BCUT2D eigenvalue weighted by atomic mass is 9.96. The summed E-state index contributed by atoms with van der Waals surface area (Å²) in [6, 6.07) is 12.6. The van der Waals surface area contributed by atoms with Crippen LogP contribution in [0.3, 0.4) is 0 Å². The Hall–Kier alpha value is -0.830. The van der Waals surface area contributed by atoms with Gasteiger partial charge in [0.05, 0.1) is 6.04 Å². The molecule has 0 fully saturated rings. The molecule has 0 aliphatic heterocycles. The minimum absolute atomic E-state index is 0.111. The third-order valence-electron chi connectivity index (χ3n) is 3.43. The Kier molecular flexibility index (Phi) is 4.67. The van der Waals surface area contributed by atoms with Crippen molar-refractivity contribution in [1.29, 1.82) is 0 Å². The van der Waals surface area contributed by atoms with Gasteiger partial charge in [-0.25, -0.2) is 0 Å². The molecule has 19 heavy (non-hydrogen) atoms. The predicted octanol–water partition coefficient (Wildman–Crippen LogP) is 5.03. The summed E-state index contributed by atoms with van der Waals surface area (Å²) in [6.07, 6.45) is 0. The van der Waals surface area contributed by atoms with E-state index in [0.717, 1.165) is 15.1 Å². The number of hydrogen-bond acceptors (Lipinski definition) is 1. The maximum Gasteiger partial charge on any atom is 0.0589 e. The maximum atomic E-state index is 6.35. The average molecular weight is 339 g/mol. The Morgan fingerprint density at radius 1 is 1.05 bits per heavy atom. The van der Waals surface area contributed by atoms with E-state index in [1.54, 1.807) is 0 Å². The zero-order valence-electron chi connectivity index (χ0n) is 11.3. The van der Waals surface area contributed by atoms with Crippen LogP contribution in [0.2, 0.25) is 5.02 Å². The first-order chi connectivity index (χ1) is 9.02. The molecule has 1 unspecified atom stereocenters. The van der Waals surface area contributed by atoms with E-state index in [0.29, 0.717) is 0 Å². The molecular weight excluding hydrogens is 322 g/mol. The number of aryl methyl sites for hydroxylation is 2. The molecule has 0 amide bonds. The van der Waals surface area contributed by atoms with Crippen LogP contribution in [0.25, 0.3) is 0 Å². The van der Waals surface area contributed by atoms with Crippen molar-refractivity contribution in [3.63, 3.8) is 0 Å². The second-order valence-corrected chi connectivity index (χ2v) is 6.05. The molecule has 0 saturated carbocycles. The summed E-state index contributed by atoms with van der Waals surface area (Å²) in [5.74, 6) is 0. The van der Waals surface area contributed by atoms with Gasteiger partial charge in [0, 0.05) is 9.50 Å². The molecule has 0 spiro atoms. The SMILES string of the molecule is CNC(c1ccc(C)c(C)c1)c1ccc(Br)cc1Cl. The van der Waals surface area contributed by atoms with Crippen LogP contribution >= 0.6 is 27.5 Å². The minimum atomic E-state index is 0.111. The Morgan fingerprint density at radius 2 is 1.79 bits per heavy atom. The van der Waals surface area contributed by atoms with Crippen LogP contribution in [0.5, 0.6) is 0 Å². The normalized spacial score (nSPS) is 12.5. The molecule has 2 aromatic rings. The molecule has 2 rings (SSSR count). The lowest BCUT2D eigenvalue weighted by molar-refractivity contribution is 0.691. The van der Waals surface area contributed by atoms with Crippen molar-refractivity contribution in [2.45, 2.75) is 19.9 Å². The first-order valence-corrected chi connectivity index (χ1v) is 7.39. The van der Waals surface area contributed by atoms with Crippen LogP contribution in [0.15, 0.2) is 40.9 Å². The summed E-state index contributed by atoms with van der Waals surface area (Å²) in [6.45, 7) is 4.26. The van der Waals surface area contributed by atoms with E-state index in [4.69, 9.17) is 11.6 Å². The third-order valence-corrected chi connectivity index (χ3v) is 4.25. The Labute approximate surface area is 128 Å². The van der Waals surface area contributed by atoms with Crippen LogP contribution in [0, 0.1) is 13.8 Å². The number of halogens is 2. The average Bonchev–Trinajstić information content (AvgIpc) is 2.37. The molecule has 0 aromatic heterocycles. The summed E-state index contributed by atoms with van der Waals surface area (Å²) in [4.78, 5) is 0. The smallest absolute Gasteiger partial charge is 0.0589 e. The van der Waals surface area contributed by atoms with Gasteiger partial charge >= 0.3 is 0 Å². The molecule has 0 aliphatic carbocycles. The monoisotopic (exact) mass is 337 g/mol. The standard InChI is InChI=1S/C16H17BrClN/c1-10-4-5-12(8-11(10)2)16(19-3)14-7-6-13(17)9-15(14)18/h4-9,16,19H,1-3H3. The first kappa shape index (κ1) is 14.6. The number of hydrogen-bond donors (Lipinski definition) is 1. The Balaban J connectivity index is 2.46. The van der Waals surface area contributed by atoms with Gasteiger partial charge in [-0.2, -0.15) is 0 Å². The zero-order chi connectivity index (χ0) is 14.0. The van der Waals surface area contributed by atoms with E-state index in [-0.39, 0.29) is 6.04 Å². The van der Waals surface area contributed by atoms with Gasteiger partial charge in [-0.15, -0.1) is 0 Å². The highest BCUT2D eigenvalue weighted by atomic mass is 79.9. The van der Waals surface area contributed by atoms with Gasteiger partial charge in [-0.1, -0.05) is 51.8 Å². The van der Waals surface area contributed by atoms with Crippen LogP contribution in [0.4, 0.5) is 0 Å². The molecule has 3 heteroatoms. The molecule has 1 nitrogen and oxygen atoms in total. The Morgan fingerprint density at radius 3 is 2.37 bits per heavy atom. The Bertz CT molecular complexity index is 595. The molecule has 0 aliphatic rings. The zero-order valence-corrected chi connectivity index (χ0v) is 13.6. The fraction of sp³-hybridized carbons (Fsp3) is 0.250. The topological polar surface area (TPSA) is 12.0 Å². The molecule has 0 heterocycles. The number of nitrogens with one attached hydrogen (secondary N) is 1. The number of benzene rings is 2. The van der Waals surface area contributed by atoms with E-state index >= 15 is 0 Å². The van der Waals surface area contributed by atoms with Crippen LogP contribution < -0.4 is 5.32 Å². The minimum Gasteiger partial charge on any atom is -0.309 e. The van der Waals surface area contributed by atoms with Crippen molar-refractivity contribution in [3.05, 3.63) is 68.1 Å². The lowest BCUT2D eigenvalue weighted by Gasteiger charge is -2.20. The quantitative estimate of drug-likeness (QED) is 0.828. The highest BCUT2D eigenvalue weighted by Crippen LogP contribution is 2.31. The van der Waals surface area contributed by atoms with Crippen molar-refractivity contribution in [2.75, 3.05) is 7.05 Å². The van der Waals surface area contributed by atoms with Gasteiger partial charge in [0.1, 0.15) is 0 Å². The predicted molar refractivity (Wildman–Crippen MR) is 86.0 cm³/mol. The van der Waals surface area contributed by atoms with Gasteiger partial charge in [0.15, 0.2) is 0 Å². The first-order valence-electron chi connectivity index (χ1n) is 6.22. The molecule has 1 N–H and O–H groups in total. The molecule has 2 aromatic carbocycles. The molecule has 1 atom stereocenters. The highest BCUT2D eigenvalue weighted by molar-refractivity contribution is 9.10. The van der Waals surface area contributed by atoms with Crippen LogP contribution in [-0.2, 0) is 0 Å². The molecule has 0 saturated heterocycles. The van der Waals surface area contributed by atoms with Gasteiger partial charge in [-0.05, 0) is 55.3 Å². The lowest BCUT2D eigenvalue weighted by Crippen LogP contribution is -2.18. The van der Waals surface area contributed by atoms with Gasteiger partial charge in [0.2, 0.25) is 0 Å². The summed E-state index contributed by atoms with van der Waals surface area (Å²) >= 11 is 9.79. The van der Waals surface area contributed by atoms with Gasteiger partial charge in [-0.3, -0.25) is 0 Å².